The van der Waals surface area contributed by atoms with Crippen LogP contribution >= 0.6 is 0 Å². The van der Waals surface area contributed by atoms with Gasteiger partial charge in [-0.1, -0.05) is 6.92 Å². The van der Waals surface area contributed by atoms with Crippen molar-refractivity contribution in [2.24, 2.45) is 0 Å². The average Bonchev–Trinajstić information content (AvgIpc) is 2.91. The van der Waals surface area contributed by atoms with Crippen molar-refractivity contribution >= 4 is 10.0 Å². The standard InChI is InChI=1S/C14H24N2O4S/c1-3-6-16-10-14(9-13(16)11-17)21(18,19)15(2)12-4-7-20-8-5-12/h9-10,12,17H,3-8,11H2,1-2H3. The second kappa shape index (κ2) is 6.91. The predicted octanol–water partition coefficient (Wildman–Crippen LogP) is 1.19. The van der Waals surface area contributed by atoms with Crippen molar-refractivity contribution in [2.45, 2.75) is 50.3 Å². The highest BCUT2D eigenvalue weighted by atomic mass is 32.2. The first-order valence-corrected chi connectivity index (χ1v) is 8.80. The fourth-order valence-electron chi connectivity index (χ4n) is 2.66. The third-order valence-electron chi connectivity index (χ3n) is 3.97. The minimum absolute atomic E-state index is 0.0177. The van der Waals surface area contributed by atoms with Crippen LogP contribution in [0.2, 0.25) is 0 Å². The molecule has 1 saturated heterocycles. The van der Waals surface area contributed by atoms with E-state index in [1.807, 2.05) is 11.5 Å². The van der Waals surface area contributed by atoms with Gasteiger partial charge in [0.15, 0.2) is 0 Å². The number of sulfonamides is 1. The summed E-state index contributed by atoms with van der Waals surface area (Å²) in [4.78, 5) is 0.258. The molecule has 0 aromatic carbocycles. The summed E-state index contributed by atoms with van der Waals surface area (Å²) < 4.78 is 34.0. The Bertz CT molecular complexity index is 562. The number of hydrogen-bond acceptors (Lipinski definition) is 4. The SMILES string of the molecule is CCCn1cc(S(=O)(=O)N(C)C2CCOCC2)cc1CO. The van der Waals surface area contributed by atoms with Gasteiger partial charge in [-0.3, -0.25) is 0 Å². The monoisotopic (exact) mass is 316 g/mol. The molecule has 1 aromatic heterocycles. The summed E-state index contributed by atoms with van der Waals surface area (Å²) in [6, 6.07) is 1.55. The van der Waals surface area contributed by atoms with Gasteiger partial charge >= 0.3 is 0 Å². The lowest BCUT2D eigenvalue weighted by Crippen LogP contribution is -2.40. The molecule has 1 aromatic rings. The van der Waals surface area contributed by atoms with Crippen LogP contribution in [-0.2, 0) is 27.9 Å². The van der Waals surface area contributed by atoms with E-state index in [0.717, 1.165) is 19.3 Å². The Labute approximate surface area is 126 Å². The number of nitrogens with zero attached hydrogens (tertiary/aromatic N) is 2. The molecule has 0 saturated carbocycles. The quantitative estimate of drug-likeness (QED) is 0.856. The van der Waals surface area contributed by atoms with E-state index >= 15 is 0 Å². The molecule has 6 nitrogen and oxygen atoms in total. The molecular weight excluding hydrogens is 292 g/mol. The summed E-state index contributed by atoms with van der Waals surface area (Å²) in [6.45, 7) is 3.76. The van der Waals surface area contributed by atoms with Crippen LogP contribution in [0, 0.1) is 0 Å². The van der Waals surface area contributed by atoms with Gasteiger partial charge in [0, 0.05) is 44.7 Å². The summed E-state index contributed by atoms with van der Waals surface area (Å²) in [5.74, 6) is 0. The zero-order chi connectivity index (χ0) is 15.5. The number of hydrogen-bond donors (Lipinski definition) is 1. The third kappa shape index (κ3) is 3.48. The van der Waals surface area contributed by atoms with E-state index in [1.54, 1.807) is 19.3 Å². The van der Waals surface area contributed by atoms with Gasteiger partial charge in [0.25, 0.3) is 0 Å². The molecule has 21 heavy (non-hydrogen) atoms. The molecule has 1 aliphatic rings. The molecule has 1 fully saturated rings. The van der Waals surface area contributed by atoms with E-state index in [9.17, 15) is 13.5 Å². The summed E-state index contributed by atoms with van der Waals surface area (Å²) in [7, 11) is -1.90. The maximum atomic E-state index is 12.7. The molecule has 0 radical (unpaired) electrons. The van der Waals surface area contributed by atoms with Crippen LogP contribution < -0.4 is 0 Å². The summed E-state index contributed by atoms with van der Waals surface area (Å²) >= 11 is 0. The van der Waals surface area contributed by atoms with Crippen LogP contribution in [0.25, 0.3) is 0 Å². The first kappa shape index (κ1) is 16.5. The number of aryl methyl sites for hydroxylation is 1. The molecular formula is C14H24N2O4S. The second-order valence-corrected chi connectivity index (χ2v) is 7.38. The van der Waals surface area contributed by atoms with Crippen LogP contribution in [0.3, 0.4) is 0 Å². The van der Waals surface area contributed by atoms with Gasteiger partial charge in [-0.05, 0) is 25.3 Å². The summed E-state index contributed by atoms with van der Waals surface area (Å²) in [5, 5.41) is 9.37. The van der Waals surface area contributed by atoms with Crippen molar-refractivity contribution in [1.82, 2.24) is 8.87 Å². The summed E-state index contributed by atoms with van der Waals surface area (Å²) in [6.07, 6.45) is 3.95. The van der Waals surface area contributed by atoms with Gasteiger partial charge in [0.05, 0.1) is 6.61 Å². The number of aromatic nitrogens is 1. The molecule has 1 N–H and O–H groups in total. The van der Waals surface area contributed by atoms with Gasteiger partial charge in [0.2, 0.25) is 10.0 Å². The fraction of sp³-hybridized carbons (Fsp3) is 0.714. The molecule has 120 valence electrons. The maximum absolute atomic E-state index is 12.7. The van der Waals surface area contributed by atoms with E-state index in [4.69, 9.17) is 4.74 Å². The van der Waals surface area contributed by atoms with Crippen LogP contribution in [0.5, 0.6) is 0 Å². The molecule has 0 bridgehead atoms. The molecule has 2 rings (SSSR count). The Hall–Kier alpha value is -0.890. The van der Waals surface area contributed by atoms with Crippen molar-refractivity contribution in [3.63, 3.8) is 0 Å². The molecule has 0 unspecified atom stereocenters. The number of rotatable bonds is 6. The number of aliphatic hydroxyl groups excluding tert-OH is 1. The van der Waals surface area contributed by atoms with Crippen molar-refractivity contribution < 1.29 is 18.3 Å². The minimum atomic E-state index is -3.52. The lowest BCUT2D eigenvalue weighted by Gasteiger charge is -2.30. The lowest BCUT2D eigenvalue weighted by atomic mass is 10.1. The maximum Gasteiger partial charge on any atom is 0.244 e. The molecule has 0 spiro atoms. The zero-order valence-electron chi connectivity index (χ0n) is 12.7. The van der Waals surface area contributed by atoms with Crippen molar-refractivity contribution in [3.8, 4) is 0 Å². The Morgan fingerprint density at radius 3 is 2.67 bits per heavy atom. The van der Waals surface area contributed by atoms with Crippen LogP contribution in [0.4, 0.5) is 0 Å². The topological polar surface area (TPSA) is 71.8 Å². The Kier molecular flexibility index (Phi) is 5.43. The Morgan fingerprint density at radius 2 is 2.10 bits per heavy atom. The van der Waals surface area contributed by atoms with Gasteiger partial charge in [-0.15, -0.1) is 0 Å². The molecule has 0 amide bonds. The molecule has 1 aliphatic heterocycles. The van der Waals surface area contributed by atoms with Gasteiger partial charge in [-0.2, -0.15) is 4.31 Å². The van der Waals surface area contributed by atoms with Crippen molar-refractivity contribution in [2.75, 3.05) is 20.3 Å². The van der Waals surface area contributed by atoms with Crippen LogP contribution in [-0.4, -0.2) is 48.7 Å². The first-order valence-electron chi connectivity index (χ1n) is 7.36. The zero-order valence-corrected chi connectivity index (χ0v) is 13.5. The molecule has 2 heterocycles. The molecule has 0 aliphatic carbocycles. The van der Waals surface area contributed by atoms with E-state index in [0.29, 0.717) is 25.5 Å². The Balaban J connectivity index is 2.25. The van der Waals surface area contributed by atoms with Crippen LogP contribution in [0.1, 0.15) is 31.9 Å². The molecule has 7 heteroatoms. The van der Waals surface area contributed by atoms with E-state index in [1.165, 1.54) is 4.31 Å². The van der Waals surface area contributed by atoms with Crippen molar-refractivity contribution in [3.05, 3.63) is 18.0 Å². The van der Waals surface area contributed by atoms with Crippen molar-refractivity contribution in [1.29, 1.82) is 0 Å². The molecule has 0 atom stereocenters. The van der Waals surface area contributed by atoms with E-state index in [-0.39, 0.29) is 17.5 Å². The lowest BCUT2D eigenvalue weighted by molar-refractivity contribution is 0.0632. The third-order valence-corrected chi connectivity index (χ3v) is 5.84. The Morgan fingerprint density at radius 1 is 1.43 bits per heavy atom. The van der Waals surface area contributed by atoms with E-state index < -0.39 is 10.0 Å². The highest BCUT2D eigenvalue weighted by molar-refractivity contribution is 7.89. The summed E-state index contributed by atoms with van der Waals surface area (Å²) in [5.41, 5.74) is 0.635. The predicted molar refractivity (Wildman–Crippen MR) is 79.4 cm³/mol. The largest absolute Gasteiger partial charge is 0.390 e. The highest BCUT2D eigenvalue weighted by Gasteiger charge is 2.30. The normalized spacial score (nSPS) is 17.5. The fourth-order valence-corrected chi connectivity index (χ4v) is 4.14. The number of ether oxygens (including phenoxy) is 1. The highest BCUT2D eigenvalue weighted by Crippen LogP contribution is 2.23. The van der Waals surface area contributed by atoms with Gasteiger partial charge < -0.3 is 14.4 Å². The van der Waals surface area contributed by atoms with E-state index in [2.05, 4.69) is 0 Å². The number of aliphatic hydroxyl groups is 1. The smallest absolute Gasteiger partial charge is 0.244 e. The van der Waals surface area contributed by atoms with Crippen LogP contribution in [0.15, 0.2) is 17.2 Å². The second-order valence-electron chi connectivity index (χ2n) is 5.38. The van der Waals surface area contributed by atoms with Gasteiger partial charge in [0.1, 0.15) is 4.90 Å². The minimum Gasteiger partial charge on any atom is -0.390 e. The van der Waals surface area contributed by atoms with Gasteiger partial charge in [-0.25, -0.2) is 8.42 Å². The first-order chi connectivity index (χ1) is 10.0. The average molecular weight is 316 g/mol.